The summed E-state index contributed by atoms with van der Waals surface area (Å²) in [6.45, 7) is 0. The Bertz CT molecular complexity index is 219. The van der Waals surface area contributed by atoms with Crippen LogP contribution in [-0.4, -0.2) is 18.1 Å². The molecule has 0 aliphatic rings. The molecule has 18 heavy (non-hydrogen) atoms. The van der Waals surface area contributed by atoms with Gasteiger partial charge in [-0.05, 0) is 25.7 Å². The van der Waals surface area contributed by atoms with Gasteiger partial charge in [0.1, 0.15) is 5.78 Å². The lowest BCUT2D eigenvalue weighted by Gasteiger charge is -2.06. The number of carbonyl (C=O) groups is 1. The average molecular weight is 278 g/mol. The van der Waals surface area contributed by atoms with Crippen LogP contribution in [0.25, 0.3) is 0 Å². The molecule has 0 amide bonds. The summed E-state index contributed by atoms with van der Waals surface area (Å²) in [6.07, 6.45) is -10.2. The predicted molar refractivity (Wildman–Crippen MR) is 54.1 cm³/mol. The maximum absolute atomic E-state index is 11.7. The number of unbranched alkanes of at least 4 members (excludes halogenated alkanes) is 2. The van der Waals surface area contributed by atoms with Crippen molar-refractivity contribution in [3.05, 3.63) is 0 Å². The van der Waals surface area contributed by atoms with E-state index >= 15 is 0 Å². The zero-order valence-corrected chi connectivity index (χ0v) is 9.83. The Hall–Kier alpha value is -0.750. The van der Waals surface area contributed by atoms with Crippen LogP contribution in [0, 0.1) is 0 Å². The summed E-state index contributed by atoms with van der Waals surface area (Å²) >= 11 is 0. The number of alkyl halides is 6. The van der Waals surface area contributed by atoms with Crippen molar-refractivity contribution in [1.29, 1.82) is 0 Å². The molecule has 0 fully saturated rings. The molecule has 0 rings (SSSR count). The SMILES string of the molecule is O=C(CCCCC(F)(F)F)CCCCC(F)(F)F. The molecule has 0 saturated carbocycles. The summed E-state index contributed by atoms with van der Waals surface area (Å²) in [5.74, 6) is -0.264. The third-order valence-corrected chi connectivity index (χ3v) is 2.33. The first-order chi connectivity index (χ1) is 8.10. The van der Waals surface area contributed by atoms with Gasteiger partial charge in [-0.3, -0.25) is 4.79 Å². The van der Waals surface area contributed by atoms with Gasteiger partial charge < -0.3 is 0 Å². The summed E-state index contributed by atoms with van der Waals surface area (Å²) < 4.78 is 70.5. The van der Waals surface area contributed by atoms with Crippen LogP contribution in [-0.2, 0) is 4.79 Å². The van der Waals surface area contributed by atoms with Crippen LogP contribution in [0.5, 0.6) is 0 Å². The molecule has 0 radical (unpaired) electrons. The minimum absolute atomic E-state index is 0.0160. The summed E-state index contributed by atoms with van der Waals surface area (Å²) in [7, 11) is 0. The second-order valence-electron chi connectivity index (χ2n) is 4.18. The minimum Gasteiger partial charge on any atom is -0.300 e. The molecule has 0 aliphatic heterocycles. The van der Waals surface area contributed by atoms with E-state index in [1.165, 1.54) is 0 Å². The van der Waals surface area contributed by atoms with E-state index in [1.807, 2.05) is 0 Å². The van der Waals surface area contributed by atoms with E-state index in [-0.39, 0.29) is 44.3 Å². The van der Waals surface area contributed by atoms with Crippen molar-refractivity contribution in [3.63, 3.8) is 0 Å². The molecular weight excluding hydrogens is 262 g/mol. The lowest BCUT2D eigenvalue weighted by molar-refractivity contribution is -0.136. The zero-order valence-electron chi connectivity index (χ0n) is 9.83. The highest BCUT2D eigenvalue weighted by atomic mass is 19.4. The Morgan fingerprint density at radius 2 is 1.00 bits per heavy atom. The predicted octanol–water partition coefficient (Wildman–Crippen LogP) is 4.80. The molecular formula is C11H16F6O. The van der Waals surface area contributed by atoms with Crippen molar-refractivity contribution >= 4 is 5.78 Å². The van der Waals surface area contributed by atoms with Gasteiger partial charge in [0.15, 0.2) is 0 Å². The van der Waals surface area contributed by atoms with E-state index in [2.05, 4.69) is 0 Å². The van der Waals surface area contributed by atoms with E-state index < -0.39 is 25.2 Å². The molecule has 0 N–H and O–H groups in total. The Labute approximate surface area is 102 Å². The van der Waals surface area contributed by atoms with Crippen molar-refractivity contribution in [2.24, 2.45) is 0 Å². The summed E-state index contributed by atoms with van der Waals surface area (Å²) in [6, 6.07) is 0. The molecule has 0 aromatic rings. The smallest absolute Gasteiger partial charge is 0.300 e. The molecule has 0 bridgehead atoms. The highest BCUT2D eigenvalue weighted by Gasteiger charge is 2.26. The van der Waals surface area contributed by atoms with Gasteiger partial charge in [0.2, 0.25) is 0 Å². The Balaban J connectivity index is 3.44. The fourth-order valence-electron chi connectivity index (χ4n) is 1.42. The molecule has 0 aliphatic carbocycles. The van der Waals surface area contributed by atoms with Gasteiger partial charge in [0, 0.05) is 25.7 Å². The number of halogens is 6. The topological polar surface area (TPSA) is 17.1 Å². The van der Waals surface area contributed by atoms with Gasteiger partial charge in [0.05, 0.1) is 0 Å². The van der Waals surface area contributed by atoms with Crippen LogP contribution in [0.4, 0.5) is 26.3 Å². The zero-order chi connectivity index (χ0) is 14.2. The van der Waals surface area contributed by atoms with E-state index in [9.17, 15) is 31.1 Å². The lowest BCUT2D eigenvalue weighted by Crippen LogP contribution is -2.08. The molecule has 0 heterocycles. The average Bonchev–Trinajstić information content (AvgIpc) is 2.17. The summed E-state index contributed by atoms with van der Waals surface area (Å²) in [5, 5.41) is 0. The van der Waals surface area contributed by atoms with Crippen molar-refractivity contribution < 1.29 is 31.1 Å². The first-order valence-electron chi connectivity index (χ1n) is 5.75. The number of ketones is 1. The Morgan fingerprint density at radius 3 is 1.28 bits per heavy atom. The lowest BCUT2D eigenvalue weighted by atomic mass is 10.1. The summed E-state index contributed by atoms with van der Waals surface area (Å²) in [5.41, 5.74) is 0. The van der Waals surface area contributed by atoms with Gasteiger partial charge in [-0.15, -0.1) is 0 Å². The van der Waals surface area contributed by atoms with Gasteiger partial charge in [-0.1, -0.05) is 0 Å². The van der Waals surface area contributed by atoms with Gasteiger partial charge in [-0.2, -0.15) is 26.3 Å². The van der Waals surface area contributed by atoms with Gasteiger partial charge in [-0.25, -0.2) is 0 Å². The first-order valence-corrected chi connectivity index (χ1v) is 5.75. The molecule has 0 unspecified atom stereocenters. The normalized spacial score (nSPS) is 12.8. The van der Waals surface area contributed by atoms with Crippen molar-refractivity contribution in [1.82, 2.24) is 0 Å². The largest absolute Gasteiger partial charge is 0.389 e. The van der Waals surface area contributed by atoms with Gasteiger partial charge >= 0.3 is 12.4 Å². The van der Waals surface area contributed by atoms with Crippen LogP contribution in [0.15, 0.2) is 0 Å². The molecule has 0 aromatic carbocycles. The van der Waals surface area contributed by atoms with Crippen LogP contribution in [0.2, 0.25) is 0 Å². The third kappa shape index (κ3) is 13.3. The quantitative estimate of drug-likeness (QED) is 0.460. The number of Topliss-reactive ketones (excluding diaryl/α,β-unsaturated/α-hetero) is 1. The monoisotopic (exact) mass is 278 g/mol. The fraction of sp³-hybridized carbons (Fsp3) is 0.909. The Morgan fingerprint density at radius 1 is 0.667 bits per heavy atom. The maximum atomic E-state index is 11.7. The molecule has 0 spiro atoms. The van der Waals surface area contributed by atoms with Crippen molar-refractivity contribution in [3.8, 4) is 0 Å². The molecule has 108 valence electrons. The third-order valence-electron chi connectivity index (χ3n) is 2.33. The number of hydrogen-bond acceptors (Lipinski definition) is 1. The molecule has 0 saturated heterocycles. The second kappa shape index (κ2) is 7.63. The highest BCUT2D eigenvalue weighted by molar-refractivity contribution is 5.78. The van der Waals surface area contributed by atoms with E-state index in [0.717, 1.165) is 0 Å². The minimum atomic E-state index is -4.21. The first kappa shape index (κ1) is 17.2. The maximum Gasteiger partial charge on any atom is 0.389 e. The molecule has 7 heteroatoms. The van der Waals surface area contributed by atoms with Crippen LogP contribution < -0.4 is 0 Å². The van der Waals surface area contributed by atoms with E-state index in [0.29, 0.717) is 0 Å². The van der Waals surface area contributed by atoms with E-state index in [4.69, 9.17) is 0 Å². The fourth-order valence-corrected chi connectivity index (χ4v) is 1.42. The second-order valence-corrected chi connectivity index (χ2v) is 4.18. The van der Waals surface area contributed by atoms with Crippen LogP contribution >= 0.6 is 0 Å². The number of rotatable bonds is 8. The number of carbonyl (C=O) groups excluding carboxylic acids is 1. The van der Waals surface area contributed by atoms with E-state index in [1.54, 1.807) is 0 Å². The standard InChI is InChI=1S/C11H16F6O/c12-10(13,14)7-3-1-5-9(18)6-2-4-8-11(15,16)17/h1-8H2. The van der Waals surface area contributed by atoms with Crippen molar-refractivity contribution in [2.45, 2.75) is 63.7 Å². The molecule has 1 nitrogen and oxygen atoms in total. The highest BCUT2D eigenvalue weighted by Crippen LogP contribution is 2.24. The van der Waals surface area contributed by atoms with Gasteiger partial charge in [0.25, 0.3) is 0 Å². The number of hydrogen-bond donors (Lipinski definition) is 0. The molecule has 0 aromatic heterocycles. The Kier molecular flexibility index (Phi) is 7.32. The van der Waals surface area contributed by atoms with Crippen LogP contribution in [0.3, 0.4) is 0 Å². The summed E-state index contributed by atoms with van der Waals surface area (Å²) in [4.78, 5) is 11.1. The molecule has 0 atom stereocenters. The van der Waals surface area contributed by atoms with Crippen LogP contribution in [0.1, 0.15) is 51.4 Å². The van der Waals surface area contributed by atoms with Crippen molar-refractivity contribution in [2.75, 3.05) is 0 Å².